The third-order valence-electron chi connectivity index (χ3n) is 4.35. The molecule has 0 saturated heterocycles. The average molecular weight is 180 g/mol. The van der Waals surface area contributed by atoms with Gasteiger partial charge in [0.2, 0.25) is 0 Å². The standard InChI is InChI=1S/C11H16O2/c1-8-3-4-9-10(2,6-12)11(9,5-8)7-13/h6-9H,3-5H2,1-2H3. The van der Waals surface area contributed by atoms with Gasteiger partial charge in [-0.15, -0.1) is 0 Å². The zero-order valence-electron chi connectivity index (χ0n) is 8.25. The van der Waals surface area contributed by atoms with E-state index in [0.717, 1.165) is 25.4 Å². The summed E-state index contributed by atoms with van der Waals surface area (Å²) in [4.78, 5) is 22.1. The molecule has 2 aliphatic rings. The number of fused-ring (bicyclic) bond motifs is 1. The molecule has 13 heavy (non-hydrogen) atoms. The summed E-state index contributed by atoms with van der Waals surface area (Å²) < 4.78 is 0. The maximum atomic E-state index is 11.1. The highest BCUT2D eigenvalue weighted by atomic mass is 16.1. The zero-order valence-corrected chi connectivity index (χ0v) is 8.25. The van der Waals surface area contributed by atoms with Crippen LogP contribution in [0.25, 0.3) is 0 Å². The zero-order chi connectivity index (χ0) is 9.69. The van der Waals surface area contributed by atoms with Crippen LogP contribution >= 0.6 is 0 Å². The van der Waals surface area contributed by atoms with Gasteiger partial charge >= 0.3 is 0 Å². The van der Waals surface area contributed by atoms with E-state index in [1.54, 1.807) is 0 Å². The topological polar surface area (TPSA) is 34.1 Å². The van der Waals surface area contributed by atoms with Crippen LogP contribution in [0.15, 0.2) is 0 Å². The lowest BCUT2D eigenvalue weighted by molar-refractivity contribution is -0.119. The number of carbonyl (C=O) groups excluding carboxylic acids is 2. The number of carbonyl (C=O) groups is 2. The molecule has 72 valence electrons. The fourth-order valence-electron chi connectivity index (χ4n) is 3.35. The maximum absolute atomic E-state index is 11.1. The van der Waals surface area contributed by atoms with Gasteiger partial charge in [-0.2, -0.15) is 0 Å². The summed E-state index contributed by atoms with van der Waals surface area (Å²) in [5, 5.41) is 0. The van der Waals surface area contributed by atoms with Crippen molar-refractivity contribution in [3.8, 4) is 0 Å². The van der Waals surface area contributed by atoms with E-state index in [1.165, 1.54) is 6.42 Å². The fourth-order valence-corrected chi connectivity index (χ4v) is 3.35. The summed E-state index contributed by atoms with van der Waals surface area (Å²) in [6.07, 6.45) is 5.18. The third kappa shape index (κ3) is 0.839. The van der Waals surface area contributed by atoms with Gasteiger partial charge in [0.1, 0.15) is 12.6 Å². The van der Waals surface area contributed by atoms with Crippen LogP contribution in [0.5, 0.6) is 0 Å². The lowest BCUT2D eigenvalue weighted by Gasteiger charge is -2.22. The Labute approximate surface area is 78.7 Å². The van der Waals surface area contributed by atoms with Gasteiger partial charge in [-0.05, 0) is 24.7 Å². The smallest absolute Gasteiger partial charge is 0.127 e. The highest BCUT2D eigenvalue weighted by molar-refractivity contribution is 5.82. The normalized spacial score (nSPS) is 53.7. The van der Waals surface area contributed by atoms with Crippen molar-refractivity contribution >= 4 is 12.6 Å². The molecule has 0 aliphatic heterocycles. The minimum Gasteiger partial charge on any atom is -0.303 e. The Balaban J connectivity index is 2.30. The Bertz CT molecular complexity index is 261. The number of hydrogen-bond donors (Lipinski definition) is 0. The molecule has 0 bridgehead atoms. The van der Waals surface area contributed by atoms with Crippen LogP contribution in [0, 0.1) is 22.7 Å². The Morgan fingerprint density at radius 1 is 1.23 bits per heavy atom. The summed E-state index contributed by atoms with van der Waals surface area (Å²) in [5.74, 6) is 0.939. The second kappa shape index (κ2) is 2.43. The first-order valence-electron chi connectivity index (χ1n) is 5.03. The van der Waals surface area contributed by atoms with Crippen LogP contribution in [0.4, 0.5) is 0 Å². The van der Waals surface area contributed by atoms with Crippen LogP contribution in [0.1, 0.15) is 33.1 Å². The molecule has 4 atom stereocenters. The molecular formula is C11H16O2. The summed E-state index contributed by atoms with van der Waals surface area (Å²) in [6.45, 7) is 4.11. The molecule has 2 heteroatoms. The van der Waals surface area contributed by atoms with Crippen molar-refractivity contribution < 1.29 is 9.59 Å². The summed E-state index contributed by atoms with van der Waals surface area (Å²) in [6, 6.07) is 0. The van der Waals surface area contributed by atoms with Gasteiger partial charge in [0, 0.05) is 10.8 Å². The van der Waals surface area contributed by atoms with E-state index in [1.807, 2.05) is 6.92 Å². The molecule has 0 radical (unpaired) electrons. The molecule has 0 N–H and O–H groups in total. The molecule has 2 aliphatic carbocycles. The van der Waals surface area contributed by atoms with Gasteiger partial charge in [0.25, 0.3) is 0 Å². The highest BCUT2D eigenvalue weighted by Crippen LogP contribution is 2.73. The molecule has 0 amide bonds. The van der Waals surface area contributed by atoms with Gasteiger partial charge in [-0.25, -0.2) is 0 Å². The first-order chi connectivity index (χ1) is 6.10. The number of aldehydes is 2. The molecule has 0 aromatic heterocycles. The Morgan fingerprint density at radius 2 is 1.92 bits per heavy atom. The predicted molar refractivity (Wildman–Crippen MR) is 49.2 cm³/mol. The van der Waals surface area contributed by atoms with Crippen molar-refractivity contribution in [1.82, 2.24) is 0 Å². The van der Waals surface area contributed by atoms with Crippen LogP contribution in [0.2, 0.25) is 0 Å². The molecule has 0 spiro atoms. The summed E-state index contributed by atoms with van der Waals surface area (Å²) >= 11 is 0. The maximum Gasteiger partial charge on any atom is 0.127 e. The molecule has 2 fully saturated rings. The quantitative estimate of drug-likeness (QED) is 0.607. The summed E-state index contributed by atoms with van der Waals surface area (Å²) in [5.41, 5.74) is -0.619. The lowest BCUT2D eigenvalue weighted by atomic mass is 9.81. The molecule has 4 unspecified atom stereocenters. The second-order valence-corrected chi connectivity index (χ2v) is 5.00. The first kappa shape index (κ1) is 8.92. The largest absolute Gasteiger partial charge is 0.303 e. The molecular weight excluding hydrogens is 164 g/mol. The van der Waals surface area contributed by atoms with Crippen LogP contribution < -0.4 is 0 Å². The summed E-state index contributed by atoms with van der Waals surface area (Å²) in [7, 11) is 0. The molecule has 0 aromatic rings. The molecule has 0 heterocycles. The fraction of sp³-hybridized carbons (Fsp3) is 0.818. The SMILES string of the molecule is CC1CCC2C(C)(C=O)C2(C=O)C1. The van der Waals surface area contributed by atoms with Crippen molar-refractivity contribution in [2.24, 2.45) is 22.7 Å². The number of hydrogen-bond acceptors (Lipinski definition) is 2. The number of rotatable bonds is 2. The van der Waals surface area contributed by atoms with E-state index in [-0.39, 0.29) is 10.8 Å². The minimum atomic E-state index is -0.334. The minimum absolute atomic E-state index is 0.285. The van der Waals surface area contributed by atoms with Crippen molar-refractivity contribution in [3.63, 3.8) is 0 Å². The van der Waals surface area contributed by atoms with Crippen molar-refractivity contribution in [3.05, 3.63) is 0 Å². The van der Waals surface area contributed by atoms with E-state index in [0.29, 0.717) is 11.8 Å². The van der Waals surface area contributed by atoms with E-state index >= 15 is 0 Å². The van der Waals surface area contributed by atoms with Crippen molar-refractivity contribution in [2.75, 3.05) is 0 Å². The Hall–Kier alpha value is -0.660. The third-order valence-corrected chi connectivity index (χ3v) is 4.35. The van der Waals surface area contributed by atoms with Gasteiger partial charge in [-0.3, -0.25) is 0 Å². The van der Waals surface area contributed by atoms with Crippen LogP contribution in [0.3, 0.4) is 0 Å². The highest BCUT2D eigenvalue weighted by Gasteiger charge is 2.74. The molecule has 2 saturated carbocycles. The Kier molecular flexibility index (Phi) is 1.67. The Morgan fingerprint density at radius 3 is 2.46 bits per heavy atom. The van der Waals surface area contributed by atoms with Gasteiger partial charge in [-0.1, -0.05) is 20.3 Å². The monoisotopic (exact) mass is 180 g/mol. The first-order valence-corrected chi connectivity index (χ1v) is 5.03. The van der Waals surface area contributed by atoms with Gasteiger partial charge in [0.05, 0.1) is 0 Å². The lowest BCUT2D eigenvalue weighted by Crippen LogP contribution is -2.19. The van der Waals surface area contributed by atoms with Crippen molar-refractivity contribution in [2.45, 2.75) is 33.1 Å². The molecule has 2 rings (SSSR count). The van der Waals surface area contributed by atoms with E-state index in [4.69, 9.17) is 0 Å². The van der Waals surface area contributed by atoms with E-state index < -0.39 is 0 Å². The van der Waals surface area contributed by atoms with Gasteiger partial charge in [0.15, 0.2) is 0 Å². The molecule has 2 nitrogen and oxygen atoms in total. The van der Waals surface area contributed by atoms with E-state index in [9.17, 15) is 9.59 Å². The van der Waals surface area contributed by atoms with E-state index in [2.05, 4.69) is 6.92 Å². The molecule has 0 aromatic carbocycles. The van der Waals surface area contributed by atoms with Crippen LogP contribution in [-0.4, -0.2) is 12.6 Å². The van der Waals surface area contributed by atoms with Crippen molar-refractivity contribution in [1.29, 1.82) is 0 Å². The average Bonchev–Trinajstić information content (AvgIpc) is 2.67. The van der Waals surface area contributed by atoms with Gasteiger partial charge < -0.3 is 9.59 Å². The second-order valence-electron chi connectivity index (χ2n) is 5.00. The predicted octanol–water partition coefficient (Wildman–Crippen LogP) is 1.83. The van der Waals surface area contributed by atoms with Crippen LogP contribution in [-0.2, 0) is 9.59 Å².